The van der Waals surface area contributed by atoms with E-state index in [2.05, 4.69) is 20.4 Å². The van der Waals surface area contributed by atoms with Crippen LogP contribution < -0.4 is 10.2 Å². The number of fused-ring (bicyclic) bond motifs is 2. The summed E-state index contributed by atoms with van der Waals surface area (Å²) in [6.45, 7) is 1.93. The highest BCUT2D eigenvalue weighted by Crippen LogP contribution is 2.44. The Hall–Kier alpha value is -2.91. The molecule has 1 N–H and O–H groups in total. The summed E-state index contributed by atoms with van der Waals surface area (Å²) in [5.74, 6) is -0.303. The summed E-state index contributed by atoms with van der Waals surface area (Å²) in [6.07, 6.45) is 8.37. The lowest BCUT2D eigenvalue weighted by atomic mass is 10.1. The lowest BCUT2D eigenvalue weighted by Crippen LogP contribution is -2.60. The summed E-state index contributed by atoms with van der Waals surface area (Å²) in [5, 5.41) is 7.75. The number of nitrogens with one attached hydrogen (secondary N) is 1. The molecule has 0 radical (unpaired) electrons. The van der Waals surface area contributed by atoms with Crippen LogP contribution in [0.2, 0.25) is 5.15 Å². The van der Waals surface area contributed by atoms with E-state index in [1.807, 2.05) is 19.1 Å². The third-order valence-electron chi connectivity index (χ3n) is 4.97. The van der Waals surface area contributed by atoms with Gasteiger partial charge in [-0.15, -0.1) is 11.8 Å². The number of amides is 3. The van der Waals surface area contributed by atoms with Gasteiger partial charge in [0.1, 0.15) is 10.4 Å². The number of nitrogens with zero attached hydrogens (tertiary/aromatic N) is 5. The summed E-state index contributed by atoms with van der Waals surface area (Å²) < 4.78 is 1.63. The lowest BCUT2D eigenvalue weighted by molar-refractivity contribution is -0.118. The normalized spacial score (nSPS) is 21.3. The van der Waals surface area contributed by atoms with Gasteiger partial charge in [-0.2, -0.15) is 5.10 Å². The Labute approximate surface area is 174 Å². The number of imide groups is 1. The molecule has 5 heterocycles. The zero-order valence-corrected chi connectivity index (χ0v) is 17.0. The average molecular weight is 427 g/mol. The maximum absolute atomic E-state index is 13.3. The number of pyridine rings is 2. The molecule has 2 aliphatic rings. The molecule has 5 rings (SSSR count). The number of anilines is 1. The fourth-order valence-electron chi connectivity index (χ4n) is 3.64. The SMILES string of the molecule is Cc1cnc(Cl)c(C2=CC3NC(=O)N(c4cncc5cnn(C)c45)C(=O)C3S2)c1. The molecule has 0 bridgehead atoms. The number of rotatable bonds is 2. The van der Waals surface area contributed by atoms with Crippen molar-refractivity contribution in [2.75, 3.05) is 4.90 Å². The molecule has 3 amide bonds. The first-order valence-corrected chi connectivity index (χ1v) is 10.1. The van der Waals surface area contributed by atoms with Crippen molar-refractivity contribution >= 4 is 56.8 Å². The van der Waals surface area contributed by atoms with Gasteiger partial charge in [0.15, 0.2) is 0 Å². The highest BCUT2D eigenvalue weighted by Gasteiger charge is 2.46. The first-order chi connectivity index (χ1) is 13.9. The smallest absolute Gasteiger partial charge is 0.329 e. The molecule has 2 aliphatic heterocycles. The van der Waals surface area contributed by atoms with Crippen LogP contribution in [0.25, 0.3) is 15.8 Å². The molecule has 3 aromatic heterocycles. The van der Waals surface area contributed by atoms with Crippen LogP contribution >= 0.6 is 23.4 Å². The number of hydrogen-bond acceptors (Lipinski definition) is 6. The monoisotopic (exact) mass is 426 g/mol. The summed E-state index contributed by atoms with van der Waals surface area (Å²) in [5.41, 5.74) is 2.80. The van der Waals surface area contributed by atoms with Crippen LogP contribution in [0, 0.1) is 6.92 Å². The fraction of sp³-hybridized carbons (Fsp3) is 0.211. The van der Waals surface area contributed by atoms with E-state index in [4.69, 9.17) is 11.6 Å². The quantitative estimate of drug-likeness (QED) is 0.633. The van der Waals surface area contributed by atoms with Gasteiger partial charge in [-0.1, -0.05) is 11.6 Å². The Balaban J connectivity index is 1.52. The van der Waals surface area contributed by atoms with Crippen LogP contribution in [-0.2, 0) is 11.8 Å². The second-order valence-corrected chi connectivity index (χ2v) is 8.48. The van der Waals surface area contributed by atoms with Crippen LogP contribution in [0.4, 0.5) is 10.5 Å². The third-order valence-corrected chi connectivity index (χ3v) is 6.63. The van der Waals surface area contributed by atoms with Crippen LogP contribution in [0.15, 0.2) is 36.9 Å². The van der Waals surface area contributed by atoms with E-state index in [0.717, 1.165) is 26.3 Å². The number of hydrogen-bond donors (Lipinski definition) is 1. The van der Waals surface area contributed by atoms with E-state index in [1.54, 1.807) is 30.3 Å². The molecule has 146 valence electrons. The molecule has 0 aromatic carbocycles. The van der Waals surface area contributed by atoms with Crippen LogP contribution in [0.3, 0.4) is 0 Å². The van der Waals surface area contributed by atoms with Gasteiger partial charge in [-0.3, -0.25) is 14.5 Å². The first-order valence-electron chi connectivity index (χ1n) is 8.85. The lowest BCUT2D eigenvalue weighted by Gasteiger charge is -2.33. The minimum atomic E-state index is -0.497. The highest BCUT2D eigenvalue weighted by molar-refractivity contribution is 8.09. The fourth-order valence-corrected chi connectivity index (χ4v) is 5.18. The van der Waals surface area contributed by atoms with Crippen molar-refractivity contribution in [3.8, 4) is 0 Å². The molecule has 10 heteroatoms. The Kier molecular flexibility index (Phi) is 4.11. The van der Waals surface area contributed by atoms with Gasteiger partial charge in [0.2, 0.25) is 0 Å². The maximum Gasteiger partial charge on any atom is 0.329 e. The number of aromatic nitrogens is 4. The van der Waals surface area contributed by atoms with Gasteiger partial charge < -0.3 is 5.32 Å². The number of carbonyl (C=O) groups excluding carboxylic acids is 2. The Bertz CT molecular complexity index is 1220. The van der Waals surface area contributed by atoms with Crippen molar-refractivity contribution in [1.82, 2.24) is 25.1 Å². The summed E-state index contributed by atoms with van der Waals surface area (Å²) in [6, 6.07) is 1.02. The van der Waals surface area contributed by atoms with Crippen molar-refractivity contribution in [3.63, 3.8) is 0 Å². The molecule has 3 aromatic rings. The van der Waals surface area contributed by atoms with Crippen molar-refractivity contribution in [3.05, 3.63) is 53.2 Å². The van der Waals surface area contributed by atoms with Gasteiger partial charge >= 0.3 is 6.03 Å². The van der Waals surface area contributed by atoms with E-state index in [1.165, 1.54) is 18.0 Å². The van der Waals surface area contributed by atoms with Gasteiger partial charge in [-0.25, -0.2) is 14.7 Å². The minimum Gasteiger partial charge on any atom is -0.329 e. The molecule has 0 spiro atoms. The molecule has 2 atom stereocenters. The molecular formula is C19H15ClN6O2S. The minimum absolute atomic E-state index is 0.303. The maximum atomic E-state index is 13.3. The molecular weight excluding hydrogens is 412 g/mol. The predicted octanol–water partition coefficient (Wildman–Crippen LogP) is 2.91. The molecule has 29 heavy (non-hydrogen) atoms. The number of carbonyl (C=O) groups is 2. The van der Waals surface area contributed by atoms with Crippen LogP contribution in [0.5, 0.6) is 0 Å². The van der Waals surface area contributed by atoms with Gasteiger partial charge in [0, 0.05) is 35.3 Å². The summed E-state index contributed by atoms with van der Waals surface area (Å²) in [4.78, 5) is 36.5. The number of aryl methyl sites for hydroxylation is 2. The van der Waals surface area contributed by atoms with Gasteiger partial charge in [-0.05, 0) is 24.6 Å². The molecule has 8 nitrogen and oxygen atoms in total. The average Bonchev–Trinajstić information content (AvgIpc) is 3.28. The number of thioether (sulfide) groups is 1. The summed E-state index contributed by atoms with van der Waals surface area (Å²) in [7, 11) is 1.76. The molecule has 1 fully saturated rings. The van der Waals surface area contributed by atoms with E-state index < -0.39 is 17.3 Å². The predicted molar refractivity (Wildman–Crippen MR) is 112 cm³/mol. The van der Waals surface area contributed by atoms with Gasteiger partial charge in [0.05, 0.1) is 29.6 Å². The second-order valence-electron chi connectivity index (χ2n) is 6.93. The Morgan fingerprint density at radius 3 is 2.86 bits per heavy atom. The van der Waals surface area contributed by atoms with Crippen molar-refractivity contribution in [1.29, 1.82) is 0 Å². The third kappa shape index (κ3) is 2.80. The Morgan fingerprint density at radius 2 is 2.03 bits per heavy atom. The highest BCUT2D eigenvalue weighted by atomic mass is 35.5. The van der Waals surface area contributed by atoms with Crippen molar-refractivity contribution < 1.29 is 9.59 Å². The summed E-state index contributed by atoms with van der Waals surface area (Å²) >= 11 is 7.65. The number of halogens is 1. The zero-order valence-electron chi connectivity index (χ0n) is 15.5. The topological polar surface area (TPSA) is 93.0 Å². The van der Waals surface area contributed by atoms with Crippen LogP contribution in [-0.4, -0.2) is 43.0 Å². The molecule has 0 saturated carbocycles. The Morgan fingerprint density at radius 1 is 1.21 bits per heavy atom. The van der Waals surface area contributed by atoms with E-state index >= 15 is 0 Å². The molecule has 0 aliphatic carbocycles. The van der Waals surface area contributed by atoms with Crippen molar-refractivity contribution in [2.24, 2.45) is 7.05 Å². The van der Waals surface area contributed by atoms with Crippen LogP contribution in [0.1, 0.15) is 11.1 Å². The standard InChI is InChI=1S/C19H15ClN6O2S/c1-9-3-11(17(20)22-5-9)14-4-12-16(29-14)18(27)26(19(28)24-12)13-8-21-6-10-7-23-25(2)15(10)13/h3-8,12,16H,1-2H3,(H,24,28). The van der Waals surface area contributed by atoms with E-state index in [9.17, 15) is 9.59 Å². The van der Waals surface area contributed by atoms with Gasteiger partial charge in [0.25, 0.3) is 5.91 Å². The molecule has 2 unspecified atom stereocenters. The van der Waals surface area contributed by atoms with Crippen molar-refractivity contribution in [2.45, 2.75) is 18.2 Å². The molecule has 1 saturated heterocycles. The van der Waals surface area contributed by atoms with E-state index in [0.29, 0.717) is 16.4 Å². The zero-order chi connectivity index (χ0) is 20.3. The first kappa shape index (κ1) is 18.1. The largest absolute Gasteiger partial charge is 0.329 e. The number of urea groups is 1. The second kappa shape index (κ2) is 6.57. The van der Waals surface area contributed by atoms with E-state index in [-0.39, 0.29) is 5.91 Å².